The van der Waals surface area contributed by atoms with E-state index >= 15 is 0 Å². The van der Waals surface area contributed by atoms with Crippen molar-refractivity contribution in [3.05, 3.63) is 89.4 Å². The standard InChI is InChI=1S/C38H42F3N9O4/c1-23(2)54-33-19-31(49-15-13-48(14-16-49)22-25-9-11-43-21-32(25)50-12-10-35(51)47-37(50)53)24(3)17-30(33)46-34-18-29(27(20-44-34)38(39,40)41)45-28-8-6-5-7-26(28)36(52)42-4/h5-9,11,17-21,23H,10,12-16,22H2,1-4H3,(H,42,52)(H2,44,45,46)(H,47,51,53). The van der Waals surface area contributed by atoms with Gasteiger partial charge in [0.25, 0.3) is 5.91 Å². The molecule has 0 radical (unpaired) electrons. The minimum absolute atomic E-state index is 0.140. The fourth-order valence-electron chi connectivity index (χ4n) is 6.50. The van der Waals surface area contributed by atoms with E-state index in [1.807, 2.05) is 39.0 Å². The lowest BCUT2D eigenvalue weighted by atomic mass is 10.1. The van der Waals surface area contributed by atoms with Crippen molar-refractivity contribution < 1.29 is 32.3 Å². The van der Waals surface area contributed by atoms with Gasteiger partial charge in [-0.2, -0.15) is 13.2 Å². The van der Waals surface area contributed by atoms with E-state index in [0.717, 1.165) is 36.1 Å². The molecule has 2 aliphatic heterocycles. The Morgan fingerprint density at radius 2 is 1.70 bits per heavy atom. The molecule has 0 aliphatic carbocycles. The van der Waals surface area contributed by atoms with Crippen molar-refractivity contribution in [1.82, 2.24) is 25.5 Å². The van der Waals surface area contributed by atoms with Gasteiger partial charge in [0.1, 0.15) is 11.6 Å². The molecule has 0 spiro atoms. The van der Waals surface area contributed by atoms with Gasteiger partial charge in [0.15, 0.2) is 0 Å². The Morgan fingerprint density at radius 3 is 2.41 bits per heavy atom. The molecule has 2 saturated heterocycles. The predicted molar refractivity (Wildman–Crippen MR) is 200 cm³/mol. The number of carbonyl (C=O) groups excluding carboxylic acids is 3. The van der Waals surface area contributed by atoms with Gasteiger partial charge in [-0.1, -0.05) is 12.1 Å². The molecule has 284 valence electrons. The lowest BCUT2D eigenvalue weighted by Crippen LogP contribution is -2.50. The molecule has 4 heterocycles. The highest BCUT2D eigenvalue weighted by atomic mass is 19.4. The summed E-state index contributed by atoms with van der Waals surface area (Å²) in [7, 11) is 1.45. The SMILES string of the molecule is CNC(=O)c1ccccc1Nc1cc(Nc2cc(C)c(N3CCN(Cc4ccncc4N4CCC(=O)NC4=O)CC3)cc2OC(C)C)ncc1C(F)(F)F. The molecule has 0 bridgehead atoms. The quantitative estimate of drug-likeness (QED) is 0.140. The topological polar surface area (TPSA) is 144 Å². The largest absolute Gasteiger partial charge is 0.489 e. The van der Waals surface area contributed by atoms with E-state index < -0.39 is 23.7 Å². The highest BCUT2D eigenvalue weighted by Crippen LogP contribution is 2.40. The van der Waals surface area contributed by atoms with Crippen LogP contribution in [-0.2, 0) is 17.5 Å². The maximum Gasteiger partial charge on any atom is 0.419 e. The van der Waals surface area contributed by atoms with Gasteiger partial charge in [-0.25, -0.2) is 9.78 Å². The first-order chi connectivity index (χ1) is 25.8. The van der Waals surface area contributed by atoms with Crippen molar-refractivity contribution >= 4 is 52.1 Å². The molecular formula is C38H42F3N9O4. The number of hydrogen-bond donors (Lipinski definition) is 4. The number of aromatic nitrogens is 2. The van der Waals surface area contributed by atoms with Crippen LogP contribution in [0.3, 0.4) is 0 Å². The van der Waals surface area contributed by atoms with Crippen molar-refractivity contribution in [3.63, 3.8) is 0 Å². The van der Waals surface area contributed by atoms with Crippen molar-refractivity contribution in [2.75, 3.05) is 60.2 Å². The number of benzene rings is 2. The number of ether oxygens (including phenoxy) is 1. The van der Waals surface area contributed by atoms with Gasteiger partial charge in [0, 0.05) is 83.0 Å². The zero-order chi connectivity index (χ0) is 38.6. The summed E-state index contributed by atoms with van der Waals surface area (Å²) >= 11 is 0. The molecule has 0 atom stereocenters. The average Bonchev–Trinajstić information content (AvgIpc) is 3.13. The maximum absolute atomic E-state index is 14.1. The van der Waals surface area contributed by atoms with Crippen LogP contribution >= 0.6 is 0 Å². The van der Waals surface area contributed by atoms with Gasteiger partial charge in [-0.15, -0.1) is 0 Å². The van der Waals surface area contributed by atoms with E-state index in [4.69, 9.17) is 4.74 Å². The van der Waals surface area contributed by atoms with E-state index in [1.165, 1.54) is 25.2 Å². The molecule has 2 aromatic heterocycles. The molecule has 16 heteroatoms. The summed E-state index contributed by atoms with van der Waals surface area (Å²) in [5.74, 6) is -0.0910. The molecule has 0 unspecified atom stereocenters. The second-order valence-corrected chi connectivity index (χ2v) is 13.3. The number of para-hydroxylation sites is 1. The van der Waals surface area contributed by atoms with E-state index in [-0.39, 0.29) is 41.2 Å². The van der Waals surface area contributed by atoms with Gasteiger partial charge < -0.3 is 25.6 Å². The number of anilines is 6. The molecule has 6 rings (SSSR count). The molecule has 4 N–H and O–H groups in total. The number of carbonyl (C=O) groups is 3. The van der Waals surface area contributed by atoms with Crippen LogP contribution in [0.1, 0.15) is 47.3 Å². The second-order valence-electron chi connectivity index (χ2n) is 13.3. The summed E-state index contributed by atoms with van der Waals surface area (Å²) in [6.45, 7) is 9.53. The smallest absolute Gasteiger partial charge is 0.419 e. The number of rotatable bonds is 11. The molecule has 13 nitrogen and oxygen atoms in total. The second kappa shape index (κ2) is 16.0. The fraction of sp³-hybridized carbons (Fsp3) is 0.342. The number of nitrogens with zero attached hydrogens (tertiary/aromatic N) is 5. The van der Waals surface area contributed by atoms with Gasteiger partial charge in [-0.3, -0.25) is 29.7 Å². The Morgan fingerprint density at radius 1 is 0.944 bits per heavy atom. The molecule has 2 aliphatic rings. The van der Waals surface area contributed by atoms with Gasteiger partial charge >= 0.3 is 12.2 Å². The number of imide groups is 1. The highest BCUT2D eigenvalue weighted by molar-refractivity contribution is 6.05. The van der Waals surface area contributed by atoms with Crippen LogP contribution in [0.15, 0.2) is 67.1 Å². The number of alkyl halides is 3. The number of piperazine rings is 1. The Hall–Kier alpha value is -5.90. The van der Waals surface area contributed by atoms with Crippen LogP contribution in [0.2, 0.25) is 0 Å². The van der Waals surface area contributed by atoms with Crippen LogP contribution in [0.5, 0.6) is 5.75 Å². The molecule has 4 aromatic rings. The summed E-state index contributed by atoms with van der Waals surface area (Å²) in [6, 6.07) is 12.8. The number of amides is 4. The maximum atomic E-state index is 14.1. The number of hydrogen-bond acceptors (Lipinski definition) is 10. The number of aryl methyl sites for hydroxylation is 1. The highest BCUT2D eigenvalue weighted by Gasteiger charge is 2.35. The molecular weight excluding hydrogens is 703 g/mol. The third kappa shape index (κ3) is 8.65. The minimum atomic E-state index is -4.71. The monoisotopic (exact) mass is 745 g/mol. The molecule has 54 heavy (non-hydrogen) atoms. The Bertz CT molecular complexity index is 2030. The average molecular weight is 746 g/mol. The third-order valence-corrected chi connectivity index (χ3v) is 9.14. The van der Waals surface area contributed by atoms with E-state index in [9.17, 15) is 27.6 Å². The number of halogens is 3. The zero-order valence-electron chi connectivity index (χ0n) is 30.4. The summed E-state index contributed by atoms with van der Waals surface area (Å²) in [5.41, 5.74) is 3.16. The molecule has 0 saturated carbocycles. The summed E-state index contributed by atoms with van der Waals surface area (Å²) in [6.07, 6.45) is -0.582. The number of urea groups is 1. The molecule has 4 amide bonds. The molecule has 2 aromatic carbocycles. The van der Waals surface area contributed by atoms with Crippen LogP contribution in [0, 0.1) is 6.92 Å². The lowest BCUT2D eigenvalue weighted by molar-refractivity contribution is -0.137. The van der Waals surface area contributed by atoms with Crippen molar-refractivity contribution in [1.29, 1.82) is 0 Å². The first-order valence-electron chi connectivity index (χ1n) is 17.6. The van der Waals surface area contributed by atoms with Crippen molar-refractivity contribution in [2.24, 2.45) is 0 Å². The first kappa shape index (κ1) is 37.8. The number of pyridine rings is 2. The third-order valence-electron chi connectivity index (χ3n) is 9.14. The zero-order valence-corrected chi connectivity index (χ0v) is 30.4. The summed E-state index contributed by atoms with van der Waals surface area (Å²) in [4.78, 5) is 51.1. The van der Waals surface area contributed by atoms with Gasteiger partial charge in [0.2, 0.25) is 5.91 Å². The Kier molecular flexibility index (Phi) is 11.2. The first-order valence-corrected chi connectivity index (χ1v) is 17.6. The fourth-order valence-corrected chi connectivity index (χ4v) is 6.50. The van der Waals surface area contributed by atoms with E-state index in [2.05, 4.69) is 41.0 Å². The minimum Gasteiger partial charge on any atom is -0.489 e. The van der Waals surface area contributed by atoms with Crippen LogP contribution < -0.4 is 35.8 Å². The van der Waals surface area contributed by atoms with Crippen LogP contribution in [0.4, 0.5) is 52.2 Å². The van der Waals surface area contributed by atoms with E-state index in [0.29, 0.717) is 43.3 Å². The number of nitrogens with one attached hydrogen (secondary N) is 4. The van der Waals surface area contributed by atoms with Crippen molar-refractivity contribution in [2.45, 2.75) is 46.0 Å². The van der Waals surface area contributed by atoms with Gasteiger partial charge in [0.05, 0.1) is 46.2 Å². The Labute approximate surface area is 310 Å². The molecule has 2 fully saturated rings. The Balaban J connectivity index is 1.20. The van der Waals surface area contributed by atoms with Gasteiger partial charge in [-0.05, 0) is 56.2 Å². The van der Waals surface area contributed by atoms with Crippen molar-refractivity contribution in [3.8, 4) is 5.75 Å². The summed E-state index contributed by atoms with van der Waals surface area (Å²) in [5, 5.41) is 10.9. The summed E-state index contributed by atoms with van der Waals surface area (Å²) < 4.78 is 48.6. The lowest BCUT2D eigenvalue weighted by Gasteiger charge is -2.38. The normalized spacial score (nSPS) is 15.3. The van der Waals surface area contributed by atoms with Crippen LogP contribution in [0.25, 0.3) is 0 Å². The predicted octanol–water partition coefficient (Wildman–Crippen LogP) is 6.21. The van der Waals surface area contributed by atoms with E-state index in [1.54, 1.807) is 29.4 Å². The van der Waals surface area contributed by atoms with Crippen LogP contribution in [-0.4, -0.2) is 78.6 Å².